The molecule has 1 aromatic carbocycles. The normalized spacial score (nSPS) is 20.1. The van der Waals surface area contributed by atoms with Crippen molar-refractivity contribution in [3.63, 3.8) is 0 Å². The van der Waals surface area contributed by atoms with Crippen LogP contribution in [0.1, 0.15) is 36.1 Å². The first-order chi connectivity index (χ1) is 7.38. The fraction of sp³-hybridized carbons (Fsp3) is 0.462. The predicted octanol–water partition coefficient (Wildman–Crippen LogP) is 2.77. The summed E-state index contributed by atoms with van der Waals surface area (Å²) in [5.74, 6) is 0.249. The van der Waals surface area contributed by atoms with E-state index in [1.807, 2.05) is 33.8 Å². The Morgan fingerprint density at radius 3 is 2.44 bits per heavy atom. The zero-order valence-electron chi connectivity index (χ0n) is 10.1. The van der Waals surface area contributed by atoms with Gasteiger partial charge in [0.1, 0.15) is 5.75 Å². The Kier molecular flexibility index (Phi) is 2.22. The summed E-state index contributed by atoms with van der Waals surface area (Å²) in [7, 11) is 0. The van der Waals surface area contributed by atoms with Crippen molar-refractivity contribution in [2.75, 3.05) is 0 Å². The van der Waals surface area contributed by atoms with Crippen molar-refractivity contribution in [3.8, 4) is 5.75 Å². The second-order valence-corrected chi connectivity index (χ2v) is 5.22. The molecule has 0 aromatic heterocycles. The monoisotopic (exact) mass is 219 g/mol. The lowest BCUT2D eigenvalue weighted by Crippen LogP contribution is -2.20. The van der Waals surface area contributed by atoms with Gasteiger partial charge in [0, 0.05) is 11.0 Å². The second kappa shape index (κ2) is 3.24. The van der Waals surface area contributed by atoms with Crippen molar-refractivity contribution in [1.82, 2.24) is 0 Å². The van der Waals surface area contributed by atoms with Gasteiger partial charge in [-0.15, -0.1) is 0 Å². The van der Waals surface area contributed by atoms with Gasteiger partial charge in [0.25, 0.3) is 0 Å². The molecule has 2 N–H and O–H groups in total. The van der Waals surface area contributed by atoms with Crippen molar-refractivity contribution >= 4 is 5.71 Å². The summed E-state index contributed by atoms with van der Waals surface area (Å²) in [5.41, 5.74) is 4.18. The Bertz CT molecular complexity index is 487. The number of phenols is 1. The van der Waals surface area contributed by atoms with Gasteiger partial charge in [-0.2, -0.15) is 0 Å². The minimum Gasteiger partial charge on any atom is -0.507 e. The molecule has 1 aliphatic rings. The van der Waals surface area contributed by atoms with E-state index in [0.717, 1.165) is 28.7 Å². The highest BCUT2D eigenvalue weighted by atomic mass is 16.4. The second-order valence-electron chi connectivity index (χ2n) is 5.22. The molecule has 0 fully saturated rings. The highest BCUT2D eigenvalue weighted by Gasteiger charge is 2.39. The Hall–Kier alpha value is -1.51. The molecule has 0 saturated carbocycles. The summed E-state index contributed by atoms with van der Waals surface area (Å²) in [6.45, 7) is 7.94. The smallest absolute Gasteiger partial charge is 0.127 e. The molecule has 0 spiro atoms. The van der Waals surface area contributed by atoms with Gasteiger partial charge in [0.05, 0.1) is 5.71 Å². The number of oxime groups is 1. The third-order valence-corrected chi connectivity index (χ3v) is 3.42. The van der Waals surface area contributed by atoms with Gasteiger partial charge in [0.15, 0.2) is 0 Å². The van der Waals surface area contributed by atoms with Crippen molar-refractivity contribution in [3.05, 3.63) is 28.3 Å². The number of rotatable bonds is 0. The zero-order chi connectivity index (χ0) is 12.1. The van der Waals surface area contributed by atoms with E-state index >= 15 is 0 Å². The molecule has 0 heterocycles. The summed E-state index contributed by atoms with van der Waals surface area (Å²) < 4.78 is 0. The van der Waals surface area contributed by atoms with Gasteiger partial charge in [0.2, 0.25) is 0 Å². The number of benzene rings is 1. The molecule has 0 atom stereocenters. The molecule has 0 radical (unpaired) electrons. The van der Waals surface area contributed by atoms with Crippen LogP contribution in [0.25, 0.3) is 0 Å². The van der Waals surface area contributed by atoms with Gasteiger partial charge >= 0.3 is 0 Å². The van der Waals surface area contributed by atoms with Gasteiger partial charge < -0.3 is 10.3 Å². The number of aromatic hydroxyl groups is 1. The van der Waals surface area contributed by atoms with Crippen LogP contribution in [0.4, 0.5) is 0 Å². The van der Waals surface area contributed by atoms with Gasteiger partial charge in [-0.05, 0) is 37.0 Å². The van der Waals surface area contributed by atoms with E-state index in [2.05, 4.69) is 5.16 Å². The van der Waals surface area contributed by atoms with Crippen LogP contribution in [0.2, 0.25) is 0 Å². The molecule has 2 rings (SSSR count). The molecule has 1 aromatic rings. The first kappa shape index (κ1) is 11.0. The van der Waals surface area contributed by atoms with E-state index < -0.39 is 0 Å². The SMILES string of the molecule is Cc1cc(C)c2c(c1O)/C(=N\O)C(C)(C)C2. The topological polar surface area (TPSA) is 52.8 Å². The molecule has 1 aliphatic carbocycles. The summed E-state index contributed by atoms with van der Waals surface area (Å²) >= 11 is 0. The molecular weight excluding hydrogens is 202 g/mol. The van der Waals surface area contributed by atoms with E-state index in [4.69, 9.17) is 5.21 Å². The van der Waals surface area contributed by atoms with E-state index in [0.29, 0.717) is 5.71 Å². The lowest BCUT2D eigenvalue weighted by molar-refractivity contribution is 0.311. The van der Waals surface area contributed by atoms with Crippen molar-refractivity contribution in [2.45, 2.75) is 34.1 Å². The molecule has 16 heavy (non-hydrogen) atoms. The summed E-state index contributed by atoms with van der Waals surface area (Å²) in [6.07, 6.45) is 0.807. The van der Waals surface area contributed by atoms with Crippen LogP contribution < -0.4 is 0 Å². The molecule has 3 heteroatoms. The van der Waals surface area contributed by atoms with E-state index in [1.54, 1.807) is 0 Å². The standard InChI is InChI=1S/C13H17NO2/c1-7-5-8(2)11(15)10-9(7)6-13(3,4)12(10)14-16/h5,15-16H,6H2,1-4H3/b14-12+. The molecular formula is C13H17NO2. The maximum Gasteiger partial charge on any atom is 0.127 e. The van der Waals surface area contributed by atoms with E-state index in [9.17, 15) is 5.11 Å². The average molecular weight is 219 g/mol. The molecule has 0 unspecified atom stereocenters. The molecule has 0 saturated heterocycles. The number of phenolic OH excluding ortho intramolecular Hbond substituents is 1. The summed E-state index contributed by atoms with van der Waals surface area (Å²) in [4.78, 5) is 0. The van der Waals surface area contributed by atoms with Gasteiger partial charge in [-0.25, -0.2) is 0 Å². The average Bonchev–Trinajstić information content (AvgIpc) is 2.46. The first-order valence-corrected chi connectivity index (χ1v) is 5.43. The molecule has 0 amide bonds. The van der Waals surface area contributed by atoms with Crippen molar-refractivity contribution < 1.29 is 10.3 Å². The number of aryl methyl sites for hydroxylation is 2. The Morgan fingerprint density at radius 2 is 1.88 bits per heavy atom. The zero-order valence-corrected chi connectivity index (χ0v) is 10.1. The van der Waals surface area contributed by atoms with Crippen LogP contribution in [0.15, 0.2) is 11.2 Å². The predicted molar refractivity (Wildman–Crippen MR) is 63.4 cm³/mol. The molecule has 0 aliphatic heterocycles. The van der Waals surface area contributed by atoms with Crippen LogP contribution in [-0.2, 0) is 6.42 Å². The highest BCUT2D eigenvalue weighted by Crippen LogP contribution is 2.43. The van der Waals surface area contributed by atoms with Crippen LogP contribution in [0, 0.1) is 19.3 Å². The van der Waals surface area contributed by atoms with E-state index in [-0.39, 0.29) is 11.2 Å². The minimum absolute atomic E-state index is 0.215. The molecule has 0 bridgehead atoms. The third kappa shape index (κ3) is 1.31. The number of nitrogens with zero attached hydrogens (tertiary/aromatic N) is 1. The number of hydrogen-bond acceptors (Lipinski definition) is 3. The Balaban J connectivity index is 2.79. The quantitative estimate of drug-likeness (QED) is 0.520. The van der Waals surface area contributed by atoms with Crippen LogP contribution >= 0.6 is 0 Å². The largest absolute Gasteiger partial charge is 0.507 e. The van der Waals surface area contributed by atoms with E-state index in [1.165, 1.54) is 0 Å². The fourth-order valence-corrected chi connectivity index (χ4v) is 2.55. The summed E-state index contributed by atoms with van der Waals surface area (Å²) in [6, 6.07) is 1.98. The molecule has 86 valence electrons. The van der Waals surface area contributed by atoms with Crippen LogP contribution in [0.5, 0.6) is 5.75 Å². The van der Waals surface area contributed by atoms with Crippen molar-refractivity contribution in [1.29, 1.82) is 0 Å². The summed E-state index contributed by atoms with van der Waals surface area (Å²) in [5, 5.41) is 22.6. The third-order valence-electron chi connectivity index (χ3n) is 3.42. The lowest BCUT2D eigenvalue weighted by atomic mass is 9.88. The maximum absolute atomic E-state index is 10.1. The number of fused-ring (bicyclic) bond motifs is 1. The van der Waals surface area contributed by atoms with Gasteiger partial charge in [-0.3, -0.25) is 0 Å². The van der Waals surface area contributed by atoms with Crippen molar-refractivity contribution in [2.24, 2.45) is 10.6 Å². The van der Waals surface area contributed by atoms with Crippen LogP contribution in [0.3, 0.4) is 0 Å². The molecule has 3 nitrogen and oxygen atoms in total. The highest BCUT2D eigenvalue weighted by molar-refractivity contribution is 6.10. The first-order valence-electron chi connectivity index (χ1n) is 5.43. The fourth-order valence-electron chi connectivity index (χ4n) is 2.55. The number of hydrogen-bond donors (Lipinski definition) is 2. The Morgan fingerprint density at radius 1 is 1.25 bits per heavy atom. The lowest BCUT2D eigenvalue weighted by Gasteiger charge is -2.16. The minimum atomic E-state index is -0.215. The van der Waals surface area contributed by atoms with Crippen LogP contribution in [-0.4, -0.2) is 16.0 Å². The van der Waals surface area contributed by atoms with Gasteiger partial charge in [-0.1, -0.05) is 25.1 Å². The Labute approximate surface area is 95.4 Å². The maximum atomic E-state index is 10.1.